The molecule has 0 unspecified atom stereocenters. The van der Waals surface area contributed by atoms with Gasteiger partial charge in [-0.15, -0.1) is 0 Å². The molecular formula is C37H48ClN3O7S. The van der Waals surface area contributed by atoms with Crippen molar-refractivity contribution in [1.29, 1.82) is 0 Å². The molecule has 10 nitrogen and oxygen atoms in total. The number of fused-ring (bicyclic) bond motifs is 3. The SMILES string of the molecule is C[C@@H]1[C@@H](C)C/C=C/[C@H](OCCN2CCOCC2=O)[C@@H]2CC[C@H]2CN2CCCCc3cc(Cl)ccc3COc3ccc(cc32)C(=O)NS1(=O)=O. The van der Waals surface area contributed by atoms with Gasteiger partial charge in [-0.25, -0.2) is 13.1 Å². The highest BCUT2D eigenvalue weighted by Gasteiger charge is 2.38. The minimum atomic E-state index is -3.96. The van der Waals surface area contributed by atoms with Crippen LogP contribution in [0.25, 0.3) is 0 Å². The van der Waals surface area contributed by atoms with Crippen LogP contribution in [-0.2, 0) is 37.3 Å². The van der Waals surface area contributed by atoms with Crippen LogP contribution in [0, 0.1) is 17.8 Å². The Kier molecular flexibility index (Phi) is 11.5. The number of amides is 2. The summed E-state index contributed by atoms with van der Waals surface area (Å²) in [4.78, 5) is 29.9. The molecule has 5 atom stereocenters. The zero-order valence-corrected chi connectivity index (χ0v) is 30.0. The van der Waals surface area contributed by atoms with E-state index in [2.05, 4.69) is 15.7 Å². The molecule has 12 heteroatoms. The summed E-state index contributed by atoms with van der Waals surface area (Å²) in [6.07, 6.45) is 9.25. The minimum absolute atomic E-state index is 0.0212. The Morgan fingerprint density at radius 3 is 2.67 bits per heavy atom. The largest absolute Gasteiger partial charge is 0.487 e. The van der Waals surface area contributed by atoms with Gasteiger partial charge in [0.1, 0.15) is 19.0 Å². The van der Waals surface area contributed by atoms with E-state index < -0.39 is 21.2 Å². The quantitative estimate of drug-likeness (QED) is 0.421. The second-order valence-electron chi connectivity index (χ2n) is 13.9. The molecule has 3 heterocycles. The Balaban J connectivity index is 1.31. The van der Waals surface area contributed by atoms with Gasteiger partial charge >= 0.3 is 0 Å². The number of aryl methyl sites for hydroxylation is 1. The maximum atomic E-state index is 13.5. The Labute approximate surface area is 295 Å². The van der Waals surface area contributed by atoms with Crippen LogP contribution in [0.2, 0.25) is 5.02 Å². The summed E-state index contributed by atoms with van der Waals surface area (Å²) in [6, 6.07) is 11.1. The molecule has 3 aliphatic heterocycles. The Hall–Kier alpha value is -3.12. The van der Waals surface area contributed by atoms with Gasteiger partial charge in [0.05, 0.1) is 30.3 Å². The van der Waals surface area contributed by atoms with Gasteiger partial charge in [-0.3, -0.25) is 9.59 Å². The number of morpholine rings is 1. The van der Waals surface area contributed by atoms with Gasteiger partial charge < -0.3 is 24.0 Å². The number of hydrogen-bond acceptors (Lipinski definition) is 8. The van der Waals surface area contributed by atoms with E-state index in [9.17, 15) is 18.0 Å². The zero-order valence-electron chi connectivity index (χ0n) is 28.4. The van der Waals surface area contributed by atoms with Crippen molar-refractivity contribution in [3.8, 4) is 5.75 Å². The van der Waals surface area contributed by atoms with Crippen LogP contribution in [-0.4, -0.2) is 82.5 Å². The van der Waals surface area contributed by atoms with Crippen molar-refractivity contribution in [2.45, 2.75) is 70.3 Å². The lowest BCUT2D eigenvalue weighted by Crippen LogP contribution is -2.46. The molecule has 2 bridgehead atoms. The fourth-order valence-corrected chi connectivity index (χ4v) is 8.71. The van der Waals surface area contributed by atoms with Gasteiger partial charge in [-0.05, 0) is 105 Å². The van der Waals surface area contributed by atoms with Crippen molar-refractivity contribution >= 4 is 39.1 Å². The van der Waals surface area contributed by atoms with Crippen LogP contribution in [0.1, 0.15) is 67.4 Å². The lowest BCUT2D eigenvalue weighted by Gasteiger charge is -2.44. The van der Waals surface area contributed by atoms with E-state index in [1.807, 2.05) is 31.2 Å². The van der Waals surface area contributed by atoms with Gasteiger partial charge in [0.15, 0.2) is 0 Å². The Bertz CT molecular complexity index is 1650. The van der Waals surface area contributed by atoms with Crippen LogP contribution < -0.4 is 14.4 Å². The van der Waals surface area contributed by atoms with Gasteiger partial charge in [0.2, 0.25) is 15.9 Å². The smallest absolute Gasteiger partial charge is 0.264 e. The Morgan fingerprint density at radius 1 is 1.02 bits per heavy atom. The third-order valence-electron chi connectivity index (χ3n) is 10.7. The summed E-state index contributed by atoms with van der Waals surface area (Å²) < 4.78 is 47.4. The number of carbonyl (C=O) groups excluding carboxylic acids is 2. The summed E-state index contributed by atoms with van der Waals surface area (Å²) in [6.45, 7) is 7.47. The summed E-state index contributed by atoms with van der Waals surface area (Å²) in [5.41, 5.74) is 3.29. The number of ether oxygens (including phenoxy) is 3. The van der Waals surface area contributed by atoms with Crippen molar-refractivity contribution < 1.29 is 32.2 Å². The van der Waals surface area contributed by atoms with Gasteiger partial charge in [-0.1, -0.05) is 36.7 Å². The molecule has 266 valence electrons. The summed E-state index contributed by atoms with van der Waals surface area (Å²) in [5, 5.41) is -0.0989. The number of carbonyl (C=O) groups is 2. The first kappa shape index (κ1) is 35.7. The lowest BCUT2D eigenvalue weighted by molar-refractivity contribution is -0.144. The number of nitrogens with one attached hydrogen (secondary N) is 1. The van der Waals surface area contributed by atoms with E-state index in [4.69, 9.17) is 25.8 Å². The molecule has 1 saturated carbocycles. The van der Waals surface area contributed by atoms with E-state index >= 15 is 0 Å². The van der Waals surface area contributed by atoms with E-state index in [1.165, 1.54) is 5.56 Å². The average Bonchev–Trinajstić information content (AvgIpc) is 3.09. The zero-order chi connectivity index (χ0) is 34.5. The first-order valence-corrected chi connectivity index (χ1v) is 19.5. The molecule has 2 fully saturated rings. The third kappa shape index (κ3) is 8.61. The van der Waals surface area contributed by atoms with Gasteiger partial charge in [-0.2, -0.15) is 0 Å². The van der Waals surface area contributed by atoms with Crippen molar-refractivity contribution in [1.82, 2.24) is 9.62 Å². The van der Waals surface area contributed by atoms with E-state index in [1.54, 1.807) is 30.0 Å². The molecule has 0 aromatic heterocycles. The second kappa shape index (κ2) is 15.8. The van der Waals surface area contributed by atoms with Crippen LogP contribution in [0.3, 0.4) is 0 Å². The summed E-state index contributed by atoms with van der Waals surface area (Å²) >= 11 is 6.36. The highest BCUT2D eigenvalue weighted by molar-refractivity contribution is 7.90. The predicted octanol–water partition coefficient (Wildman–Crippen LogP) is 5.38. The normalized spacial score (nSPS) is 28.5. The monoisotopic (exact) mass is 713 g/mol. The second-order valence-corrected chi connectivity index (χ2v) is 16.4. The maximum absolute atomic E-state index is 13.5. The number of benzene rings is 2. The molecule has 0 radical (unpaired) electrons. The molecule has 2 aromatic carbocycles. The van der Waals surface area contributed by atoms with E-state index in [0.717, 1.165) is 56.4 Å². The van der Waals surface area contributed by atoms with E-state index in [0.29, 0.717) is 56.0 Å². The van der Waals surface area contributed by atoms with Gasteiger partial charge in [0.25, 0.3) is 5.91 Å². The number of rotatable bonds is 4. The molecule has 49 heavy (non-hydrogen) atoms. The number of allylic oxidation sites excluding steroid dienone is 1. The highest BCUT2D eigenvalue weighted by Crippen LogP contribution is 2.42. The summed E-state index contributed by atoms with van der Waals surface area (Å²) in [5.74, 6) is 0.313. The molecule has 2 amide bonds. The first-order valence-electron chi connectivity index (χ1n) is 17.6. The average molecular weight is 714 g/mol. The fraction of sp³-hybridized carbons (Fsp3) is 0.568. The highest BCUT2D eigenvalue weighted by atomic mass is 35.5. The van der Waals surface area contributed by atoms with Crippen LogP contribution in [0.5, 0.6) is 5.75 Å². The predicted molar refractivity (Wildman–Crippen MR) is 189 cm³/mol. The van der Waals surface area contributed by atoms with Crippen LogP contribution in [0.4, 0.5) is 5.69 Å². The maximum Gasteiger partial charge on any atom is 0.264 e. The topological polar surface area (TPSA) is 114 Å². The summed E-state index contributed by atoms with van der Waals surface area (Å²) in [7, 11) is -3.96. The lowest BCUT2D eigenvalue weighted by atomic mass is 9.70. The van der Waals surface area contributed by atoms with Gasteiger partial charge in [0, 0.05) is 36.8 Å². The fourth-order valence-electron chi connectivity index (χ4n) is 7.23. The number of sulfonamides is 1. The molecule has 2 aromatic rings. The first-order chi connectivity index (χ1) is 23.6. The molecule has 1 N–H and O–H groups in total. The van der Waals surface area contributed by atoms with Crippen molar-refractivity contribution in [2.24, 2.45) is 17.8 Å². The number of nitrogens with zero attached hydrogens (tertiary/aromatic N) is 2. The molecule has 1 saturated heterocycles. The standard InChI is InChI=1S/C37H48ClN3O7S/c1-25-6-5-8-34(47-19-17-40-16-18-46-24-36(40)42)32-13-10-29(32)22-41-15-4-3-7-27-20-31(38)12-9-30(27)23-48-35-14-11-28(21-33(35)41)37(43)39-49(44,45)26(25)2/h5,8-9,11-12,14,20-21,25-26,29,32,34H,3-4,6-7,10,13,15-19,22-24H2,1-2H3,(H,39,43)/b8-5+/t25-,26+,29-,32+,34-/m0/s1. The van der Waals surface area contributed by atoms with Crippen molar-refractivity contribution in [3.63, 3.8) is 0 Å². The Morgan fingerprint density at radius 2 is 1.88 bits per heavy atom. The molecule has 1 aliphatic carbocycles. The van der Waals surface area contributed by atoms with Crippen LogP contribution in [0.15, 0.2) is 48.6 Å². The third-order valence-corrected chi connectivity index (χ3v) is 12.9. The molecule has 0 spiro atoms. The van der Waals surface area contributed by atoms with Crippen LogP contribution >= 0.6 is 11.6 Å². The van der Waals surface area contributed by atoms with E-state index in [-0.39, 0.29) is 36.0 Å². The number of anilines is 1. The molecular weight excluding hydrogens is 666 g/mol. The van der Waals surface area contributed by atoms with Crippen molar-refractivity contribution in [3.05, 3.63) is 70.3 Å². The molecule has 6 rings (SSSR count). The number of halogens is 1. The minimum Gasteiger partial charge on any atom is -0.487 e. The van der Waals surface area contributed by atoms with Crippen molar-refractivity contribution in [2.75, 3.05) is 50.9 Å². The number of hydrogen-bond donors (Lipinski definition) is 1. The molecule has 4 aliphatic rings.